The molecule has 2 N–H and O–H groups in total. The van der Waals surface area contributed by atoms with Gasteiger partial charge in [0.2, 0.25) is 10.0 Å². The molecule has 7 nitrogen and oxygen atoms in total. The minimum Gasteiger partial charge on any atom is -0.408 e. The summed E-state index contributed by atoms with van der Waals surface area (Å²) in [6.07, 6.45) is -0.870. The maximum Gasteiger partial charge on any atom is 0.419 e. The first kappa shape index (κ1) is 15.7. The van der Waals surface area contributed by atoms with Crippen LogP contribution < -0.4 is 10.5 Å². The van der Waals surface area contributed by atoms with Crippen LogP contribution in [0.15, 0.2) is 32.3 Å². The second-order valence-corrected chi connectivity index (χ2v) is 7.24. The lowest BCUT2D eigenvalue weighted by atomic mass is 10.0. The summed E-state index contributed by atoms with van der Waals surface area (Å²) in [5.41, 5.74) is -0.320. The molecule has 2 rings (SSSR count). The van der Waals surface area contributed by atoms with Gasteiger partial charge in [-0.05, 0) is 32.9 Å². The number of oxazole rings is 1. The van der Waals surface area contributed by atoms with Crippen molar-refractivity contribution in [3.05, 3.63) is 28.7 Å². The van der Waals surface area contributed by atoms with Gasteiger partial charge < -0.3 is 9.52 Å². The zero-order valence-electron chi connectivity index (χ0n) is 12.2. The summed E-state index contributed by atoms with van der Waals surface area (Å²) >= 11 is 0. The molecule has 0 aliphatic carbocycles. The van der Waals surface area contributed by atoms with E-state index in [0.717, 1.165) is 0 Å². The fourth-order valence-electron chi connectivity index (χ4n) is 1.77. The molecule has 0 fully saturated rings. The molecule has 0 bridgehead atoms. The van der Waals surface area contributed by atoms with E-state index in [1.54, 1.807) is 13.8 Å². The van der Waals surface area contributed by atoms with Crippen molar-refractivity contribution in [3.63, 3.8) is 0 Å². The van der Waals surface area contributed by atoms with Gasteiger partial charge in [-0.15, -0.1) is 0 Å². The molecule has 0 spiro atoms. The molecule has 2 aromatic rings. The Hall–Kier alpha value is -1.64. The molecular weight excluding hydrogens is 296 g/mol. The molecule has 0 aliphatic heterocycles. The van der Waals surface area contributed by atoms with Crippen molar-refractivity contribution in [2.45, 2.75) is 37.3 Å². The Morgan fingerprint density at radius 3 is 2.57 bits per heavy atom. The molecule has 1 aromatic carbocycles. The van der Waals surface area contributed by atoms with Crippen LogP contribution in [0.5, 0.6) is 0 Å². The third kappa shape index (κ3) is 2.87. The number of nitrogens with zero attached hydrogens (tertiary/aromatic N) is 1. The van der Waals surface area contributed by atoms with E-state index in [4.69, 9.17) is 4.42 Å². The van der Waals surface area contributed by atoms with Crippen molar-refractivity contribution >= 4 is 21.1 Å². The lowest BCUT2D eigenvalue weighted by Gasteiger charge is -2.28. The first-order valence-corrected chi connectivity index (χ1v) is 7.84. The van der Waals surface area contributed by atoms with Gasteiger partial charge in [0.15, 0.2) is 5.58 Å². The monoisotopic (exact) mass is 314 g/mol. The van der Waals surface area contributed by atoms with Crippen molar-refractivity contribution in [3.8, 4) is 0 Å². The van der Waals surface area contributed by atoms with E-state index in [1.807, 2.05) is 0 Å². The third-order valence-corrected chi connectivity index (χ3v) is 5.19. The van der Waals surface area contributed by atoms with Crippen molar-refractivity contribution in [1.29, 1.82) is 0 Å². The Labute approximate surface area is 122 Å². The normalized spacial score (nSPS) is 14.5. The minimum atomic E-state index is -3.84. The molecule has 0 saturated heterocycles. The first-order chi connectivity index (χ1) is 9.54. The summed E-state index contributed by atoms with van der Waals surface area (Å²) in [6.45, 7) is 4.66. The summed E-state index contributed by atoms with van der Waals surface area (Å²) in [5, 5.41) is 9.61. The topological polar surface area (TPSA) is 102 Å². The van der Waals surface area contributed by atoms with E-state index in [1.165, 1.54) is 36.7 Å². The molecule has 1 aromatic heterocycles. The number of benzene rings is 1. The highest BCUT2D eigenvalue weighted by atomic mass is 32.2. The predicted octanol–water partition coefficient (Wildman–Crippen LogP) is 0.569. The number of aliphatic hydroxyl groups is 1. The average molecular weight is 314 g/mol. The van der Waals surface area contributed by atoms with Gasteiger partial charge in [0.05, 0.1) is 22.1 Å². The highest BCUT2D eigenvalue weighted by Crippen LogP contribution is 2.20. The number of hydrogen-bond donors (Lipinski definition) is 2. The largest absolute Gasteiger partial charge is 0.419 e. The molecule has 1 heterocycles. The summed E-state index contributed by atoms with van der Waals surface area (Å²) < 4.78 is 33.4. The summed E-state index contributed by atoms with van der Waals surface area (Å²) in [7, 11) is -2.30. The van der Waals surface area contributed by atoms with Crippen LogP contribution in [0.2, 0.25) is 0 Å². The van der Waals surface area contributed by atoms with Gasteiger partial charge in [0.25, 0.3) is 0 Å². The molecular formula is C13H18N2O5S. The molecule has 0 saturated carbocycles. The van der Waals surface area contributed by atoms with Gasteiger partial charge in [-0.1, -0.05) is 0 Å². The molecule has 0 radical (unpaired) electrons. The number of fused-ring (bicyclic) bond motifs is 1. The standard InChI is InChI=1S/C13H18N2O5S/c1-8(16)13(2,3)14-21(18,19)9-5-6-10-11(7-9)20-12(17)15(10)4/h5-8,14,16H,1-4H3. The molecule has 21 heavy (non-hydrogen) atoms. The Balaban J connectivity index is 2.48. The number of hydrogen-bond acceptors (Lipinski definition) is 5. The molecule has 0 aliphatic rings. The Bertz CT molecular complexity index is 830. The number of aromatic nitrogens is 1. The van der Waals surface area contributed by atoms with E-state index in [9.17, 15) is 18.3 Å². The fraction of sp³-hybridized carbons (Fsp3) is 0.462. The summed E-state index contributed by atoms with van der Waals surface area (Å²) in [6, 6.07) is 4.18. The highest BCUT2D eigenvalue weighted by molar-refractivity contribution is 7.89. The van der Waals surface area contributed by atoms with Crippen LogP contribution in [-0.2, 0) is 17.1 Å². The van der Waals surface area contributed by atoms with Crippen molar-refractivity contribution < 1.29 is 17.9 Å². The second-order valence-electron chi connectivity index (χ2n) is 5.56. The van der Waals surface area contributed by atoms with Crippen LogP contribution in [0, 0.1) is 0 Å². The SMILES string of the molecule is CC(O)C(C)(C)NS(=O)(=O)c1ccc2c(c1)oc(=O)n2C. The molecule has 0 amide bonds. The maximum atomic E-state index is 12.3. The van der Waals surface area contributed by atoms with Crippen LogP contribution in [0.4, 0.5) is 0 Å². The Kier molecular flexibility index (Phi) is 3.73. The number of aliphatic hydroxyl groups excluding tert-OH is 1. The highest BCUT2D eigenvalue weighted by Gasteiger charge is 2.30. The van der Waals surface area contributed by atoms with Gasteiger partial charge >= 0.3 is 5.76 Å². The van der Waals surface area contributed by atoms with E-state index >= 15 is 0 Å². The van der Waals surface area contributed by atoms with Crippen molar-refractivity contribution in [1.82, 2.24) is 9.29 Å². The number of nitrogens with one attached hydrogen (secondary N) is 1. The van der Waals surface area contributed by atoms with Gasteiger partial charge in [-0.3, -0.25) is 4.57 Å². The molecule has 116 valence electrons. The fourth-order valence-corrected chi connectivity index (χ4v) is 3.26. The molecule has 8 heteroatoms. The lowest BCUT2D eigenvalue weighted by Crippen LogP contribution is -2.50. The van der Waals surface area contributed by atoms with Gasteiger partial charge in [0, 0.05) is 13.1 Å². The molecule has 1 unspecified atom stereocenters. The van der Waals surface area contributed by atoms with E-state index < -0.39 is 27.4 Å². The zero-order chi connectivity index (χ0) is 16.0. The third-order valence-electron chi connectivity index (χ3n) is 3.52. The number of sulfonamides is 1. The summed E-state index contributed by atoms with van der Waals surface area (Å²) in [4.78, 5) is 11.4. The number of aryl methyl sites for hydroxylation is 1. The Morgan fingerprint density at radius 2 is 2.00 bits per heavy atom. The van der Waals surface area contributed by atoms with Gasteiger partial charge in [0.1, 0.15) is 0 Å². The molecule has 1 atom stereocenters. The van der Waals surface area contributed by atoms with Crippen LogP contribution in [0.3, 0.4) is 0 Å². The lowest BCUT2D eigenvalue weighted by molar-refractivity contribution is 0.111. The van der Waals surface area contributed by atoms with E-state index in [2.05, 4.69) is 4.72 Å². The smallest absolute Gasteiger partial charge is 0.408 e. The first-order valence-electron chi connectivity index (χ1n) is 6.36. The van der Waals surface area contributed by atoms with E-state index in [0.29, 0.717) is 5.52 Å². The number of rotatable bonds is 4. The van der Waals surface area contributed by atoms with E-state index in [-0.39, 0.29) is 10.5 Å². The van der Waals surface area contributed by atoms with Crippen LogP contribution in [0.25, 0.3) is 11.1 Å². The maximum absolute atomic E-state index is 12.3. The minimum absolute atomic E-state index is 0.0296. The zero-order valence-corrected chi connectivity index (χ0v) is 13.1. The van der Waals surface area contributed by atoms with Gasteiger partial charge in [-0.25, -0.2) is 17.9 Å². The second kappa shape index (κ2) is 4.97. The Morgan fingerprint density at radius 1 is 1.38 bits per heavy atom. The van der Waals surface area contributed by atoms with Crippen LogP contribution in [0.1, 0.15) is 20.8 Å². The van der Waals surface area contributed by atoms with Crippen LogP contribution >= 0.6 is 0 Å². The predicted molar refractivity (Wildman–Crippen MR) is 77.5 cm³/mol. The van der Waals surface area contributed by atoms with Crippen molar-refractivity contribution in [2.75, 3.05) is 0 Å². The van der Waals surface area contributed by atoms with Crippen LogP contribution in [-0.4, -0.2) is 29.7 Å². The summed E-state index contributed by atoms with van der Waals surface area (Å²) in [5.74, 6) is -0.559. The quantitative estimate of drug-likeness (QED) is 0.859. The average Bonchev–Trinajstić information content (AvgIpc) is 2.63. The van der Waals surface area contributed by atoms with Crippen molar-refractivity contribution in [2.24, 2.45) is 7.05 Å². The van der Waals surface area contributed by atoms with Gasteiger partial charge in [-0.2, -0.15) is 0 Å².